The Morgan fingerprint density at radius 1 is 1.43 bits per heavy atom. The predicted octanol–water partition coefficient (Wildman–Crippen LogP) is 1.41. The van der Waals surface area contributed by atoms with E-state index in [1.54, 1.807) is 11.8 Å². The Balaban J connectivity index is 1.68. The van der Waals surface area contributed by atoms with Crippen LogP contribution in [0.25, 0.3) is 0 Å². The molecule has 1 fully saturated rings. The molecule has 2 aliphatic heterocycles. The van der Waals surface area contributed by atoms with Gasteiger partial charge in [-0.15, -0.1) is 11.8 Å². The quantitative estimate of drug-likeness (QED) is 0.790. The lowest BCUT2D eigenvalue weighted by Crippen LogP contribution is -2.42. The van der Waals surface area contributed by atoms with Gasteiger partial charge in [-0.25, -0.2) is 0 Å². The number of carbonyl (C=O) groups excluding carboxylic acids is 2. The van der Waals surface area contributed by atoms with E-state index in [4.69, 9.17) is 0 Å². The van der Waals surface area contributed by atoms with E-state index >= 15 is 0 Å². The van der Waals surface area contributed by atoms with E-state index in [2.05, 4.69) is 22.0 Å². The summed E-state index contributed by atoms with van der Waals surface area (Å²) < 4.78 is 0. The molecule has 2 heterocycles. The van der Waals surface area contributed by atoms with E-state index in [1.165, 1.54) is 0 Å². The van der Waals surface area contributed by atoms with E-state index in [0.717, 1.165) is 34.9 Å². The molecule has 1 aromatic rings. The second kappa shape index (κ2) is 6.07. The van der Waals surface area contributed by atoms with Crippen molar-refractivity contribution in [3.05, 3.63) is 29.3 Å². The molecule has 0 aromatic heterocycles. The van der Waals surface area contributed by atoms with Gasteiger partial charge in [-0.3, -0.25) is 14.9 Å². The number of nitrogens with one attached hydrogen (secondary N) is 3. The van der Waals surface area contributed by atoms with Crippen LogP contribution in [0.2, 0.25) is 0 Å². The van der Waals surface area contributed by atoms with Crippen LogP contribution < -0.4 is 16.0 Å². The summed E-state index contributed by atoms with van der Waals surface area (Å²) in [5.74, 6) is 1.79. The number of fused-ring (bicyclic) bond motifs is 1. The summed E-state index contributed by atoms with van der Waals surface area (Å²) in [7, 11) is 0. The van der Waals surface area contributed by atoms with Gasteiger partial charge in [0.2, 0.25) is 11.8 Å². The van der Waals surface area contributed by atoms with Gasteiger partial charge in [0.1, 0.15) is 0 Å². The maximum Gasteiger partial charge on any atom is 0.238 e. The minimum Gasteiger partial charge on any atom is -0.348 e. The summed E-state index contributed by atoms with van der Waals surface area (Å²) in [6.45, 7) is 1.99. The van der Waals surface area contributed by atoms with Crippen LogP contribution in [0.4, 0.5) is 5.69 Å². The van der Waals surface area contributed by atoms with Crippen LogP contribution in [0.15, 0.2) is 18.2 Å². The van der Waals surface area contributed by atoms with Crippen molar-refractivity contribution in [2.75, 3.05) is 16.9 Å². The van der Waals surface area contributed by atoms with E-state index in [0.29, 0.717) is 6.42 Å². The van der Waals surface area contributed by atoms with Crippen molar-refractivity contribution in [3.63, 3.8) is 0 Å². The summed E-state index contributed by atoms with van der Waals surface area (Å²) in [6, 6.07) is 5.85. The standard InChI is InChI=1S/C15H19N3O2S/c1-9(17-15(20)13-7-21-8-16-13)10-2-4-12-11(6-10)3-5-14(19)18-12/h2,4,6,9,13,16H,3,5,7-8H2,1H3,(H,17,20)(H,18,19). The number of aryl methyl sites for hydroxylation is 1. The summed E-state index contributed by atoms with van der Waals surface area (Å²) in [4.78, 5) is 23.5. The SMILES string of the molecule is CC(NC(=O)C1CSCN1)c1ccc2c(c1)CCC(=O)N2. The average molecular weight is 305 g/mol. The molecule has 3 N–H and O–H groups in total. The van der Waals surface area contributed by atoms with E-state index in [-0.39, 0.29) is 23.9 Å². The number of thioether (sulfide) groups is 1. The van der Waals surface area contributed by atoms with Crippen molar-refractivity contribution in [2.45, 2.75) is 31.8 Å². The van der Waals surface area contributed by atoms with Crippen LogP contribution in [-0.2, 0) is 16.0 Å². The summed E-state index contributed by atoms with van der Waals surface area (Å²) in [5.41, 5.74) is 3.11. The van der Waals surface area contributed by atoms with Crippen LogP contribution in [0.5, 0.6) is 0 Å². The molecule has 0 bridgehead atoms. The van der Waals surface area contributed by atoms with Crippen molar-refractivity contribution in [1.29, 1.82) is 0 Å². The molecule has 112 valence electrons. The molecule has 1 saturated heterocycles. The number of hydrogen-bond donors (Lipinski definition) is 3. The van der Waals surface area contributed by atoms with Gasteiger partial charge >= 0.3 is 0 Å². The Morgan fingerprint density at radius 3 is 3.05 bits per heavy atom. The third-order valence-electron chi connectivity index (χ3n) is 3.92. The van der Waals surface area contributed by atoms with Crippen LogP contribution in [0.3, 0.4) is 0 Å². The first-order valence-corrected chi connectivity index (χ1v) is 8.33. The zero-order chi connectivity index (χ0) is 14.8. The third kappa shape index (κ3) is 3.22. The molecule has 5 nitrogen and oxygen atoms in total. The van der Waals surface area contributed by atoms with Gasteiger partial charge in [0.25, 0.3) is 0 Å². The Bertz CT molecular complexity index is 570. The molecule has 1 aromatic carbocycles. The van der Waals surface area contributed by atoms with Crippen molar-refractivity contribution in [2.24, 2.45) is 0 Å². The number of carbonyl (C=O) groups is 2. The smallest absolute Gasteiger partial charge is 0.238 e. The first-order chi connectivity index (χ1) is 10.1. The monoisotopic (exact) mass is 305 g/mol. The number of rotatable bonds is 3. The van der Waals surface area contributed by atoms with Gasteiger partial charge in [-0.2, -0.15) is 0 Å². The van der Waals surface area contributed by atoms with Crippen molar-refractivity contribution < 1.29 is 9.59 Å². The highest BCUT2D eigenvalue weighted by molar-refractivity contribution is 7.99. The highest BCUT2D eigenvalue weighted by Gasteiger charge is 2.24. The minimum atomic E-state index is -0.0886. The summed E-state index contributed by atoms with van der Waals surface area (Å²) in [5, 5.41) is 9.10. The van der Waals surface area contributed by atoms with Gasteiger partial charge in [-0.1, -0.05) is 12.1 Å². The fourth-order valence-electron chi connectivity index (χ4n) is 2.63. The zero-order valence-electron chi connectivity index (χ0n) is 11.9. The zero-order valence-corrected chi connectivity index (χ0v) is 12.8. The van der Waals surface area contributed by atoms with Crippen LogP contribution >= 0.6 is 11.8 Å². The molecule has 21 heavy (non-hydrogen) atoms. The van der Waals surface area contributed by atoms with Crippen molar-refractivity contribution in [1.82, 2.24) is 10.6 Å². The van der Waals surface area contributed by atoms with E-state index < -0.39 is 0 Å². The predicted molar refractivity (Wildman–Crippen MR) is 84.2 cm³/mol. The lowest BCUT2D eigenvalue weighted by atomic mass is 9.97. The molecular formula is C15H19N3O2S. The number of hydrogen-bond acceptors (Lipinski definition) is 4. The molecule has 3 rings (SSSR count). The normalized spacial score (nSPS) is 22.3. The maximum absolute atomic E-state index is 12.1. The molecule has 2 aliphatic rings. The molecule has 2 unspecified atom stereocenters. The largest absolute Gasteiger partial charge is 0.348 e. The van der Waals surface area contributed by atoms with Crippen LogP contribution in [-0.4, -0.2) is 29.5 Å². The number of amides is 2. The molecule has 0 saturated carbocycles. The molecule has 0 spiro atoms. The topological polar surface area (TPSA) is 70.2 Å². The van der Waals surface area contributed by atoms with Crippen LogP contribution in [0, 0.1) is 0 Å². The lowest BCUT2D eigenvalue weighted by molar-refractivity contribution is -0.123. The van der Waals surface area contributed by atoms with E-state index in [1.807, 2.05) is 19.1 Å². The first-order valence-electron chi connectivity index (χ1n) is 7.17. The average Bonchev–Trinajstić information content (AvgIpc) is 3.01. The Morgan fingerprint density at radius 2 is 2.29 bits per heavy atom. The van der Waals surface area contributed by atoms with Gasteiger partial charge < -0.3 is 10.6 Å². The van der Waals surface area contributed by atoms with Gasteiger partial charge in [-0.05, 0) is 30.5 Å². The highest BCUT2D eigenvalue weighted by Crippen LogP contribution is 2.26. The van der Waals surface area contributed by atoms with Crippen molar-refractivity contribution >= 4 is 29.3 Å². The number of benzene rings is 1. The van der Waals surface area contributed by atoms with Crippen LogP contribution in [0.1, 0.15) is 30.5 Å². The fraction of sp³-hybridized carbons (Fsp3) is 0.467. The van der Waals surface area contributed by atoms with Gasteiger partial charge in [0.05, 0.1) is 12.1 Å². The van der Waals surface area contributed by atoms with Gasteiger partial charge in [0, 0.05) is 23.7 Å². The summed E-state index contributed by atoms with van der Waals surface area (Å²) >= 11 is 1.74. The molecule has 0 radical (unpaired) electrons. The van der Waals surface area contributed by atoms with E-state index in [9.17, 15) is 9.59 Å². The van der Waals surface area contributed by atoms with Crippen molar-refractivity contribution in [3.8, 4) is 0 Å². The second-order valence-electron chi connectivity index (χ2n) is 5.47. The second-order valence-corrected chi connectivity index (χ2v) is 6.50. The minimum absolute atomic E-state index is 0.0344. The lowest BCUT2D eigenvalue weighted by Gasteiger charge is -2.21. The first kappa shape index (κ1) is 14.4. The Kier molecular flexibility index (Phi) is 4.17. The Hall–Kier alpha value is -1.53. The molecule has 6 heteroatoms. The molecule has 0 aliphatic carbocycles. The maximum atomic E-state index is 12.1. The Labute approximate surface area is 128 Å². The number of anilines is 1. The highest BCUT2D eigenvalue weighted by atomic mass is 32.2. The molecule has 2 amide bonds. The molecular weight excluding hydrogens is 286 g/mol. The fourth-order valence-corrected chi connectivity index (χ4v) is 3.58. The van der Waals surface area contributed by atoms with Gasteiger partial charge in [0.15, 0.2) is 0 Å². The molecule has 2 atom stereocenters. The summed E-state index contributed by atoms with van der Waals surface area (Å²) in [6.07, 6.45) is 1.29. The third-order valence-corrected chi connectivity index (χ3v) is 4.86.